The standard InChI is InChI=1S/C22H24N2O/c1-22(2)15-24(14-16-6-9-18(25-3)10-7-16)21-13-17(8-11-19(21)22)20-5-4-12-23-20/h4-13,23H,14-15H2,1-3H3. The minimum atomic E-state index is 0.163. The molecule has 0 bridgehead atoms. The summed E-state index contributed by atoms with van der Waals surface area (Å²) in [6.07, 6.45) is 1.97. The van der Waals surface area contributed by atoms with Gasteiger partial charge in [-0.05, 0) is 47.0 Å². The van der Waals surface area contributed by atoms with Crippen LogP contribution in [0, 0.1) is 0 Å². The summed E-state index contributed by atoms with van der Waals surface area (Å²) in [5, 5.41) is 0. The molecular formula is C22H24N2O. The molecule has 128 valence electrons. The average Bonchev–Trinajstić information content (AvgIpc) is 3.23. The number of methoxy groups -OCH3 is 1. The van der Waals surface area contributed by atoms with Crippen LogP contribution >= 0.6 is 0 Å². The molecule has 0 radical (unpaired) electrons. The molecule has 25 heavy (non-hydrogen) atoms. The summed E-state index contributed by atoms with van der Waals surface area (Å²) in [4.78, 5) is 5.80. The molecular weight excluding hydrogens is 308 g/mol. The van der Waals surface area contributed by atoms with E-state index in [-0.39, 0.29) is 5.41 Å². The molecule has 0 spiro atoms. The zero-order valence-corrected chi connectivity index (χ0v) is 15.0. The van der Waals surface area contributed by atoms with Crippen LogP contribution in [0.5, 0.6) is 5.75 Å². The van der Waals surface area contributed by atoms with Gasteiger partial charge < -0.3 is 14.6 Å². The number of anilines is 1. The number of fused-ring (bicyclic) bond motifs is 1. The number of nitrogens with zero attached hydrogens (tertiary/aromatic N) is 1. The van der Waals surface area contributed by atoms with Gasteiger partial charge in [-0.1, -0.05) is 38.1 Å². The summed E-state index contributed by atoms with van der Waals surface area (Å²) < 4.78 is 5.27. The van der Waals surface area contributed by atoms with Crippen LogP contribution in [0.15, 0.2) is 60.8 Å². The Morgan fingerprint density at radius 3 is 2.56 bits per heavy atom. The van der Waals surface area contributed by atoms with Crippen LogP contribution in [0.2, 0.25) is 0 Å². The van der Waals surface area contributed by atoms with E-state index in [1.165, 1.54) is 22.4 Å². The molecule has 0 saturated heterocycles. The fraction of sp³-hybridized carbons (Fsp3) is 0.273. The number of rotatable bonds is 4. The highest BCUT2D eigenvalue weighted by atomic mass is 16.5. The maximum atomic E-state index is 5.27. The molecule has 0 atom stereocenters. The van der Waals surface area contributed by atoms with E-state index in [0.29, 0.717) is 0 Å². The Kier molecular flexibility index (Phi) is 3.79. The molecule has 2 heterocycles. The molecule has 1 aliphatic heterocycles. The highest BCUT2D eigenvalue weighted by molar-refractivity contribution is 5.72. The van der Waals surface area contributed by atoms with E-state index in [0.717, 1.165) is 24.5 Å². The number of aromatic nitrogens is 1. The molecule has 0 aliphatic carbocycles. The molecule has 0 amide bonds. The second kappa shape index (κ2) is 5.99. The van der Waals surface area contributed by atoms with Crippen molar-refractivity contribution < 1.29 is 4.74 Å². The van der Waals surface area contributed by atoms with Gasteiger partial charge >= 0.3 is 0 Å². The third kappa shape index (κ3) is 2.91. The minimum Gasteiger partial charge on any atom is -0.497 e. The Labute approximate surface area is 149 Å². The normalized spacial score (nSPS) is 15.2. The average molecular weight is 332 g/mol. The lowest BCUT2D eigenvalue weighted by Crippen LogP contribution is -2.28. The molecule has 1 aliphatic rings. The number of aromatic amines is 1. The van der Waals surface area contributed by atoms with E-state index in [9.17, 15) is 0 Å². The molecule has 0 saturated carbocycles. The van der Waals surface area contributed by atoms with Crippen LogP contribution in [0.1, 0.15) is 25.0 Å². The Hall–Kier alpha value is -2.68. The largest absolute Gasteiger partial charge is 0.497 e. The van der Waals surface area contributed by atoms with Crippen molar-refractivity contribution in [2.24, 2.45) is 0 Å². The highest BCUT2D eigenvalue weighted by Gasteiger charge is 2.35. The van der Waals surface area contributed by atoms with Crippen molar-refractivity contribution in [2.45, 2.75) is 25.8 Å². The molecule has 3 nitrogen and oxygen atoms in total. The topological polar surface area (TPSA) is 28.3 Å². The van der Waals surface area contributed by atoms with Crippen LogP contribution < -0.4 is 9.64 Å². The zero-order chi connectivity index (χ0) is 17.4. The van der Waals surface area contributed by atoms with Crippen LogP contribution in [-0.4, -0.2) is 18.6 Å². The third-order valence-electron chi connectivity index (χ3n) is 5.10. The van der Waals surface area contributed by atoms with Gasteiger partial charge in [-0.3, -0.25) is 0 Å². The predicted octanol–water partition coefficient (Wildman–Crippen LogP) is 4.99. The van der Waals surface area contributed by atoms with E-state index >= 15 is 0 Å². The van der Waals surface area contributed by atoms with Gasteiger partial charge in [0.1, 0.15) is 5.75 Å². The van der Waals surface area contributed by atoms with Gasteiger partial charge in [-0.15, -0.1) is 0 Å². The Morgan fingerprint density at radius 2 is 1.88 bits per heavy atom. The Bertz CT molecular complexity index is 864. The van der Waals surface area contributed by atoms with Crippen molar-refractivity contribution in [3.05, 3.63) is 71.9 Å². The van der Waals surface area contributed by atoms with Gasteiger partial charge in [0.2, 0.25) is 0 Å². The Balaban J connectivity index is 1.67. The predicted molar refractivity (Wildman–Crippen MR) is 103 cm³/mol. The lowest BCUT2D eigenvalue weighted by Gasteiger charge is -2.22. The quantitative estimate of drug-likeness (QED) is 0.729. The van der Waals surface area contributed by atoms with Gasteiger partial charge in [0.25, 0.3) is 0 Å². The highest BCUT2D eigenvalue weighted by Crippen LogP contribution is 2.42. The molecule has 0 unspecified atom stereocenters. The summed E-state index contributed by atoms with van der Waals surface area (Å²) in [5.74, 6) is 0.903. The van der Waals surface area contributed by atoms with Gasteiger partial charge in [0, 0.05) is 36.1 Å². The Morgan fingerprint density at radius 1 is 1.08 bits per heavy atom. The van der Waals surface area contributed by atoms with Crippen molar-refractivity contribution in [3.8, 4) is 17.0 Å². The first-order valence-electron chi connectivity index (χ1n) is 8.73. The lowest BCUT2D eigenvalue weighted by molar-refractivity contribution is 0.414. The smallest absolute Gasteiger partial charge is 0.118 e. The van der Waals surface area contributed by atoms with E-state index < -0.39 is 0 Å². The monoisotopic (exact) mass is 332 g/mol. The molecule has 3 aromatic rings. The second-order valence-electron chi connectivity index (χ2n) is 7.40. The number of hydrogen-bond acceptors (Lipinski definition) is 2. The van der Waals surface area contributed by atoms with Crippen molar-refractivity contribution in [1.82, 2.24) is 4.98 Å². The molecule has 3 heteroatoms. The van der Waals surface area contributed by atoms with Crippen LogP contribution in [-0.2, 0) is 12.0 Å². The van der Waals surface area contributed by atoms with Crippen LogP contribution in [0.4, 0.5) is 5.69 Å². The molecule has 1 aromatic heterocycles. The first kappa shape index (κ1) is 15.8. The first-order valence-corrected chi connectivity index (χ1v) is 8.73. The fourth-order valence-electron chi connectivity index (χ4n) is 3.78. The number of ether oxygens (including phenoxy) is 1. The molecule has 4 rings (SSSR count). The molecule has 1 N–H and O–H groups in total. The fourth-order valence-corrected chi connectivity index (χ4v) is 3.78. The van der Waals surface area contributed by atoms with Gasteiger partial charge in [-0.25, -0.2) is 0 Å². The van der Waals surface area contributed by atoms with Gasteiger partial charge in [0.15, 0.2) is 0 Å². The summed E-state index contributed by atoms with van der Waals surface area (Å²) >= 11 is 0. The van der Waals surface area contributed by atoms with Crippen LogP contribution in [0.3, 0.4) is 0 Å². The van der Waals surface area contributed by atoms with Crippen molar-refractivity contribution in [3.63, 3.8) is 0 Å². The summed E-state index contributed by atoms with van der Waals surface area (Å²) in [6, 6.07) is 19.4. The van der Waals surface area contributed by atoms with Gasteiger partial charge in [-0.2, -0.15) is 0 Å². The van der Waals surface area contributed by atoms with E-state index in [2.05, 4.69) is 60.1 Å². The van der Waals surface area contributed by atoms with Crippen LogP contribution in [0.25, 0.3) is 11.3 Å². The van der Waals surface area contributed by atoms with E-state index in [1.807, 2.05) is 24.4 Å². The second-order valence-corrected chi connectivity index (χ2v) is 7.40. The third-order valence-corrected chi connectivity index (χ3v) is 5.10. The summed E-state index contributed by atoms with van der Waals surface area (Å²) in [7, 11) is 1.70. The van der Waals surface area contributed by atoms with E-state index in [4.69, 9.17) is 4.74 Å². The number of nitrogens with one attached hydrogen (secondary N) is 1. The zero-order valence-electron chi connectivity index (χ0n) is 15.0. The SMILES string of the molecule is COc1ccc(CN2CC(C)(C)c3ccc(-c4ccc[nH]4)cc32)cc1. The van der Waals surface area contributed by atoms with Crippen molar-refractivity contribution in [1.29, 1.82) is 0 Å². The van der Waals surface area contributed by atoms with Crippen molar-refractivity contribution >= 4 is 5.69 Å². The summed E-state index contributed by atoms with van der Waals surface area (Å²) in [6.45, 7) is 6.60. The van der Waals surface area contributed by atoms with Crippen molar-refractivity contribution in [2.75, 3.05) is 18.6 Å². The first-order chi connectivity index (χ1) is 12.1. The lowest BCUT2D eigenvalue weighted by atomic mass is 9.86. The molecule has 0 fully saturated rings. The maximum absolute atomic E-state index is 5.27. The number of hydrogen-bond donors (Lipinski definition) is 1. The minimum absolute atomic E-state index is 0.163. The van der Waals surface area contributed by atoms with Gasteiger partial charge in [0.05, 0.1) is 7.11 Å². The number of benzene rings is 2. The number of H-pyrrole nitrogens is 1. The maximum Gasteiger partial charge on any atom is 0.118 e. The van der Waals surface area contributed by atoms with E-state index in [1.54, 1.807) is 7.11 Å². The summed E-state index contributed by atoms with van der Waals surface area (Å²) in [5.41, 5.74) is 6.63. The molecule has 2 aromatic carbocycles.